The molecule has 8 heteroatoms. The lowest BCUT2D eigenvalue weighted by molar-refractivity contribution is -0.00114. The van der Waals surface area contributed by atoms with Crippen molar-refractivity contribution >= 4 is 0 Å². The van der Waals surface area contributed by atoms with Crippen molar-refractivity contribution in [3.05, 3.63) is 77.3 Å². The van der Waals surface area contributed by atoms with Crippen molar-refractivity contribution in [3.8, 4) is 17.3 Å². The molecule has 3 heterocycles. The number of methoxy groups -OCH3 is 1. The minimum Gasteiger partial charge on any atom is -0.497 e. The number of benzene rings is 2. The second kappa shape index (κ2) is 8.08. The summed E-state index contributed by atoms with van der Waals surface area (Å²) in [6.07, 6.45) is 1.43. The van der Waals surface area contributed by atoms with E-state index in [0.717, 1.165) is 23.4 Å². The maximum absolute atomic E-state index is 6.07. The first kappa shape index (κ1) is 18.5. The molecule has 0 aliphatic carbocycles. The summed E-state index contributed by atoms with van der Waals surface area (Å²) in [7, 11) is 1.65. The van der Waals surface area contributed by atoms with Gasteiger partial charge in [0.2, 0.25) is 11.7 Å². The van der Waals surface area contributed by atoms with E-state index in [2.05, 4.69) is 32.6 Å². The lowest BCUT2D eigenvalue weighted by Gasteiger charge is -2.24. The fourth-order valence-corrected chi connectivity index (χ4v) is 3.55. The molecule has 5 rings (SSSR count). The zero-order valence-corrected chi connectivity index (χ0v) is 16.6. The number of aryl methyl sites for hydroxylation is 2. The van der Waals surface area contributed by atoms with Crippen molar-refractivity contribution in [1.82, 2.24) is 25.1 Å². The van der Waals surface area contributed by atoms with Gasteiger partial charge in [-0.15, -0.1) is 5.10 Å². The van der Waals surface area contributed by atoms with E-state index in [4.69, 9.17) is 14.0 Å². The van der Waals surface area contributed by atoms with E-state index < -0.39 is 0 Å². The van der Waals surface area contributed by atoms with Crippen LogP contribution in [0.15, 0.2) is 59.1 Å². The number of aromatic nitrogens is 5. The first-order valence-electron chi connectivity index (χ1n) is 9.85. The van der Waals surface area contributed by atoms with Gasteiger partial charge >= 0.3 is 0 Å². The fourth-order valence-electron chi connectivity index (χ4n) is 3.55. The highest BCUT2D eigenvalue weighted by Gasteiger charge is 2.27. The normalized spacial score (nSPS) is 15.7. The zero-order chi connectivity index (χ0) is 20.3. The van der Waals surface area contributed by atoms with Gasteiger partial charge in [0.15, 0.2) is 5.69 Å². The van der Waals surface area contributed by atoms with Gasteiger partial charge in [-0.3, -0.25) is 0 Å². The summed E-state index contributed by atoms with van der Waals surface area (Å²) in [5, 5.41) is 12.7. The maximum Gasteiger partial charge on any atom is 0.227 e. The molecule has 0 fully saturated rings. The first-order chi connectivity index (χ1) is 14.8. The third kappa shape index (κ3) is 3.69. The summed E-state index contributed by atoms with van der Waals surface area (Å²) < 4.78 is 18.6. The van der Waals surface area contributed by atoms with Crippen LogP contribution in [0.2, 0.25) is 0 Å². The molecule has 2 aromatic carbocycles. The molecule has 152 valence electrons. The van der Waals surface area contributed by atoms with E-state index >= 15 is 0 Å². The Kier molecular flexibility index (Phi) is 4.98. The molecule has 0 N–H and O–H groups in total. The van der Waals surface area contributed by atoms with E-state index in [-0.39, 0.29) is 6.10 Å². The molecule has 0 bridgehead atoms. The van der Waals surface area contributed by atoms with E-state index in [1.807, 2.05) is 47.1 Å². The lowest BCUT2D eigenvalue weighted by Crippen LogP contribution is -2.22. The zero-order valence-electron chi connectivity index (χ0n) is 16.6. The highest BCUT2D eigenvalue weighted by Crippen LogP contribution is 2.30. The van der Waals surface area contributed by atoms with Crippen molar-refractivity contribution in [2.24, 2.45) is 0 Å². The monoisotopic (exact) mass is 403 g/mol. The molecule has 0 unspecified atom stereocenters. The van der Waals surface area contributed by atoms with Gasteiger partial charge < -0.3 is 14.0 Å². The average molecular weight is 403 g/mol. The highest BCUT2D eigenvalue weighted by molar-refractivity contribution is 5.51. The highest BCUT2D eigenvalue weighted by atomic mass is 16.5. The van der Waals surface area contributed by atoms with Crippen molar-refractivity contribution in [1.29, 1.82) is 0 Å². The molecule has 8 nitrogen and oxygen atoms in total. The summed E-state index contributed by atoms with van der Waals surface area (Å²) in [5.74, 6) is 1.85. The van der Waals surface area contributed by atoms with Crippen LogP contribution in [0.5, 0.6) is 5.75 Å². The number of nitrogens with zero attached hydrogens (tertiary/aromatic N) is 5. The van der Waals surface area contributed by atoms with Crippen molar-refractivity contribution in [3.63, 3.8) is 0 Å². The van der Waals surface area contributed by atoms with Crippen molar-refractivity contribution < 1.29 is 14.0 Å². The molecule has 0 radical (unpaired) electrons. The number of hydrogen-bond donors (Lipinski definition) is 0. The molecule has 0 amide bonds. The number of fused-ring (bicyclic) bond motifs is 1. The number of ether oxygens (including phenoxy) is 2. The Hall–Kier alpha value is -3.52. The summed E-state index contributed by atoms with van der Waals surface area (Å²) >= 11 is 0. The molecule has 1 aliphatic rings. The van der Waals surface area contributed by atoms with Gasteiger partial charge in [0.1, 0.15) is 11.9 Å². The van der Waals surface area contributed by atoms with Gasteiger partial charge in [-0.05, 0) is 29.7 Å². The van der Waals surface area contributed by atoms with Gasteiger partial charge in [-0.25, -0.2) is 4.68 Å². The quantitative estimate of drug-likeness (QED) is 0.487. The predicted molar refractivity (Wildman–Crippen MR) is 108 cm³/mol. The van der Waals surface area contributed by atoms with E-state index in [0.29, 0.717) is 37.0 Å². The minimum absolute atomic E-state index is 0.0929. The molecule has 0 saturated heterocycles. The van der Waals surface area contributed by atoms with Crippen LogP contribution in [0, 0.1) is 0 Å². The van der Waals surface area contributed by atoms with Crippen molar-refractivity contribution in [2.45, 2.75) is 32.1 Å². The Balaban J connectivity index is 1.29. The Labute approximate surface area is 173 Å². The Bertz CT molecular complexity index is 1120. The first-order valence-corrected chi connectivity index (χ1v) is 9.85. The third-order valence-electron chi connectivity index (χ3n) is 5.24. The van der Waals surface area contributed by atoms with Gasteiger partial charge in [0.25, 0.3) is 0 Å². The largest absolute Gasteiger partial charge is 0.497 e. The lowest BCUT2D eigenvalue weighted by atomic mass is 10.1. The van der Waals surface area contributed by atoms with Crippen LogP contribution in [0.4, 0.5) is 0 Å². The Morgan fingerprint density at radius 1 is 1.07 bits per heavy atom. The van der Waals surface area contributed by atoms with Crippen LogP contribution in [0.1, 0.15) is 28.8 Å². The van der Waals surface area contributed by atoms with E-state index in [1.54, 1.807) is 7.11 Å². The molecule has 4 aromatic rings. The van der Waals surface area contributed by atoms with Crippen LogP contribution >= 0.6 is 0 Å². The van der Waals surface area contributed by atoms with Crippen LogP contribution in [0.3, 0.4) is 0 Å². The van der Waals surface area contributed by atoms with Gasteiger partial charge in [-0.2, -0.15) is 4.98 Å². The smallest absolute Gasteiger partial charge is 0.227 e. The topological polar surface area (TPSA) is 88.1 Å². The van der Waals surface area contributed by atoms with Crippen LogP contribution in [-0.4, -0.2) is 32.2 Å². The molecule has 1 atom stereocenters. The summed E-state index contributed by atoms with van der Waals surface area (Å²) in [5.41, 5.74) is 3.77. The molecular formula is C22H21N5O3. The molecule has 0 spiro atoms. The second-order valence-electron chi connectivity index (χ2n) is 7.14. The molecule has 1 aliphatic heterocycles. The average Bonchev–Trinajstić information content (AvgIpc) is 3.45. The predicted octanol–water partition coefficient (Wildman–Crippen LogP) is 3.39. The van der Waals surface area contributed by atoms with Crippen LogP contribution < -0.4 is 4.74 Å². The molecule has 30 heavy (non-hydrogen) atoms. The standard InChI is InChI=1S/C22H21N5O3/c1-28-17-10-8-16(9-11-17)19-13-27-18(14-29-19)21(24-26-27)22-23-20(30-25-22)12-7-15-5-3-2-4-6-15/h2-6,8-11,19H,7,12-14H2,1H3/t19-/m1/s1. The van der Waals surface area contributed by atoms with Gasteiger partial charge in [-0.1, -0.05) is 52.8 Å². The van der Waals surface area contributed by atoms with E-state index in [1.165, 1.54) is 5.56 Å². The van der Waals surface area contributed by atoms with Crippen LogP contribution in [0.25, 0.3) is 11.5 Å². The summed E-state index contributed by atoms with van der Waals surface area (Å²) in [4.78, 5) is 4.51. The minimum atomic E-state index is -0.0929. The third-order valence-corrected chi connectivity index (χ3v) is 5.24. The fraction of sp³-hybridized carbons (Fsp3) is 0.273. The number of hydrogen-bond acceptors (Lipinski definition) is 7. The number of rotatable bonds is 6. The summed E-state index contributed by atoms with van der Waals surface area (Å²) in [6, 6.07) is 18.1. The Morgan fingerprint density at radius 2 is 1.90 bits per heavy atom. The van der Waals surface area contributed by atoms with Gasteiger partial charge in [0, 0.05) is 6.42 Å². The SMILES string of the molecule is COc1ccc([C@H]2Cn3nnc(-c4noc(CCc5ccccc5)n4)c3CO2)cc1. The maximum atomic E-state index is 6.07. The Morgan fingerprint density at radius 3 is 2.70 bits per heavy atom. The van der Waals surface area contributed by atoms with Crippen LogP contribution in [-0.2, 0) is 30.7 Å². The van der Waals surface area contributed by atoms with Gasteiger partial charge in [0.05, 0.1) is 26.0 Å². The summed E-state index contributed by atoms with van der Waals surface area (Å²) in [6.45, 7) is 0.959. The molecular weight excluding hydrogens is 382 g/mol. The molecule has 0 saturated carbocycles. The second-order valence-corrected chi connectivity index (χ2v) is 7.14. The van der Waals surface area contributed by atoms with E-state index in [9.17, 15) is 0 Å². The van der Waals surface area contributed by atoms with Crippen molar-refractivity contribution in [2.75, 3.05) is 7.11 Å². The molecule has 2 aromatic heterocycles.